The van der Waals surface area contributed by atoms with Crippen molar-refractivity contribution in [2.24, 2.45) is 0 Å². The van der Waals surface area contributed by atoms with Crippen LogP contribution in [0.25, 0.3) is 4.91 Å². The first kappa shape index (κ1) is 12.7. The maximum Gasteiger partial charge on any atom is 0.232 e. The van der Waals surface area contributed by atoms with Crippen LogP contribution in [0.5, 0.6) is 0 Å². The van der Waals surface area contributed by atoms with Gasteiger partial charge in [0.15, 0.2) is 0 Å². The molecule has 1 unspecified atom stereocenters. The third kappa shape index (κ3) is 2.69. The van der Waals surface area contributed by atoms with E-state index in [1.807, 2.05) is 29.5 Å². The van der Waals surface area contributed by atoms with E-state index in [-0.39, 0.29) is 0 Å². The summed E-state index contributed by atoms with van der Waals surface area (Å²) in [7, 11) is 0. The summed E-state index contributed by atoms with van der Waals surface area (Å²) in [6, 6.07) is 1.88. The van der Waals surface area contributed by atoms with Gasteiger partial charge in [0, 0.05) is 12.3 Å². The van der Waals surface area contributed by atoms with Crippen molar-refractivity contribution in [2.45, 2.75) is 31.6 Å². The Morgan fingerprint density at radius 1 is 1.53 bits per heavy atom. The van der Waals surface area contributed by atoms with Gasteiger partial charge in [0.25, 0.3) is 0 Å². The van der Waals surface area contributed by atoms with Crippen molar-refractivity contribution in [3.63, 3.8) is 0 Å². The van der Waals surface area contributed by atoms with Gasteiger partial charge in [-0.15, -0.1) is 11.3 Å². The van der Waals surface area contributed by atoms with E-state index in [0.29, 0.717) is 5.37 Å². The zero-order chi connectivity index (χ0) is 13.1. The summed E-state index contributed by atoms with van der Waals surface area (Å²) >= 11 is 3.47. The Morgan fingerprint density at radius 2 is 2.47 bits per heavy atom. The average Bonchev–Trinajstić information content (AvgIpc) is 3.14. The first-order valence-electron chi connectivity index (χ1n) is 6.27. The number of hydrogen-bond acceptors (Lipinski definition) is 6. The van der Waals surface area contributed by atoms with Crippen molar-refractivity contribution in [3.8, 4) is 0 Å². The monoisotopic (exact) mass is 292 g/mol. The minimum absolute atomic E-state index is 0.338. The van der Waals surface area contributed by atoms with Crippen molar-refractivity contribution in [1.29, 1.82) is 0 Å². The number of unbranched alkanes of at least 4 members (excludes halogenated alkanes) is 1. The van der Waals surface area contributed by atoms with Gasteiger partial charge < -0.3 is 4.52 Å². The Hall–Kier alpha value is -1.27. The van der Waals surface area contributed by atoms with E-state index < -0.39 is 0 Å². The Labute approximate surface area is 120 Å². The second-order valence-corrected chi connectivity index (χ2v) is 6.32. The highest BCUT2D eigenvalue weighted by molar-refractivity contribution is 8.09. The SMILES string of the molecule is CCCCC1SC(c2cncs2)=[C]N1c1ccno1. The molecular formula is C13H14N3OS2. The maximum atomic E-state index is 5.27. The van der Waals surface area contributed by atoms with Gasteiger partial charge in [0.05, 0.1) is 33.1 Å². The number of aromatic nitrogens is 2. The summed E-state index contributed by atoms with van der Waals surface area (Å²) in [6.07, 6.45) is 10.5. The molecule has 0 N–H and O–H groups in total. The molecule has 3 heterocycles. The van der Waals surface area contributed by atoms with E-state index in [2.05, 4.69) is 28.2 Å². The lowest BCUT2D eigenvalue weighted by atomic mass is 10.2. The lowest BCUT2D eigenvalue weighted by molar-refractivity contribution is 0.418. The number of hydrogen-bond donors (Lipinski definition) is 0. The smallest absolute Gasteiger partial charge is 0.232 e. The van der Waals surface area contributed by atoms with Crippen LogP contribution in [0, 0.1) is 6.20 Å². The second-order valence-electron chi connectivity index (χ2n) is 4.24. The molecule has 1 radical (unpaired) electrons. The van der Waals surface area contributed by atoms with Crippen LogP contribution < -0.4 is 4.90 Å². The quantitative estimate of drug-likeness (QED) is 0.833. The Morgan fingerprint density at radius 3 is 3.16 bits per heavy atom. The van der Waals surface area contributed by atoms with Gasteiger partial charge in [-0.3, -0.25) is 9.88 Å². The largest absolute Gasteiger partial charge is 0.338 e. The highest BCUT2D eigenvalue weighted by atomic mass is 32.2. The molecule has 0 aliphatic carbocycles. The molecule has 0 amide bonds. The number of nitrogens with zero attached hydrogens (tertiary/aromatic N) is 3. The van der Waals surface area contributed by atoms with Gasteiger partial charge in [0.2, 0.25) is 5.88 Å². The molecule has 1 atom stereocenters. The molecule has 1 aliphatic heterocycles. The number of rotatable bonds is 5. The van der Waals surface area contributed by atoms with Crippen LogP contribution >= 0.6 is 23.1 Å². The summed E-state index contributed by atoms with van der Waals surface area (Å²) in [5, 5.41) is 4.12. The van der Waals surface area contributed by atoms with Gasteiger partial charge in [-0.2, -0.15) is 0 Å². The standard InChI is InChI=1S/C13H14N3OS2/c1-2-3-4-13-16(12-5-6-15-17-12)8-11(19-13)10-7-14-9-18-10/h5-7,9,13H,2-4H2,1H3. The summed E-state index contributed by atoms with van der Waals surface area (Å²) in [5.74, 6) is 0.758. The molecule has 6 heteroatoms. The molecule has 0 saturated carbocycles. The fourth-order valence-electron chi connectivity index (χ4n) is 1.93. The van der Waals surface area contributed by atoms with Crippen molar-refractivity contribution < 1.29 is 4.52 Å². The summed E-state index contributed by atoms with van der Waals surface area (Å²) in [5.41, 5.74) is 1.85. The van der Waals surface area contributed by atoms with Crippen molar-refractivity contribution in [1.82, 2.24) is 10.1 Å². The van der Waals surface area contributed by atoms with Gasteiger partial charge in [-0.05, 0) is 6.42 Å². The highest BCUT2D eigenvalue weighted by Gasteiger charge is 2.30. The Balaban J connectivity index is 1.83. The van der Waals surface area contributed by atoms with Crippen LogP contribution in [0.1, 0.15) is 31.1 Å². The molecule has 0 bridgehead atoms. The molecule has 3 rings (SSSR count). The third-order valence-corrected chi connectivity index (χ3v) is 5.07. The Bertz CT molecular complexity index is 536. The van der Waals surface area contributed by atoms with E-state index >= 15 is 0 Å². The van der Waals surface area contributed by atoms with E-state index in [4.69, 9.17) is 4.52 Å². The first-order chi connectivity index (χ1) is 9.38. The summed E-state index contributed by atoms with van der Waals surface area (Å²) in [6.45, 7) is 2.21. The maximum absolute atomic E-state index is 5.27. The van der Waals surface area contributed by atoms with Gasteiger partial charge >= 0.3 is 0 Å². The lowest BCUT2D eigenvalue weighted by Gasteiger charge is -2.20. The highest BCUT2D eigenvalue weighted by Crippen LogP contribution is 2.43. The van der Waals surface area contributed by atoms with Gasteiger partial charge in [-0.25, -0.2) is 0 Å². The van der Waals surface area contributed by atoms with Crippen LogP contribution in [0.3, 0.4) is 0 Å². The van der Waals surface area contributed by atoms with E-state index in [1.54, 1.807) is 17.5 Å². The second kappa shape index (κ2) is 5.79. The minimum Gasteiger partial charge on any atom is -0.338 e. The van der Waals surface area contributed by atoms with E-state index in [0.717, 1.165) is 22.1 Å². The van der Waals surface area contributed by atoms with E-state index in [1.165, 1.54) is 12.8 Å². The minimum atomic E-state index is 0.338. The zero-order valence-electron chi connectivity index (χ0n) is 10.6. The molecule has 19 heavy (non-hydrogen) atoms. The molecule has 0 spiro atoms. The zero-order valence-corrected chi connectivity index (χ0v) is 12.2. The summed E-state index contributed by atoms with van der Waals surface area (Å²) in [4.78, 5) is 8.49. The normalized spacial score (nSPS) is 18.9. The molecule has 4 nitrogen and oxygen atoms in total. The fraction of sp³-hybridized carbons (Fsp3) is 0.385. The molecule has 0 saturated heterocycles. The van der Waals surface area contributed by atoms with Crippen LogP contribution in [0.15, 0.2) is 28.5 Å². The predicted molar refractivity (Wildman–Crippen MR) is 78.7 cm³/mol. The topological polar surface area (TPSA) is 42.2 Å². The predicted octanol–water partition coefficient (Wildman–Crippen LogP) is 4.00. The molecule has 1 aliphatic rings. The van der Waals surface area contributed by atoms with Crippen molar-refractivity contribution in [2.75, 3.05) is 4.90 Å². The van der Waals surface area contributed by atoms with Crippen LogP contribution in [-0.2, 0) is 0 Å². The third-order valence-electron chi connectivity index (χ3n) is 2.89. The molecule has 99 valence electrons. The summed E-state index contributed by atoms with van der Waals surface area (Å²) < 4.78 is 5.27. The number of thiazole rings is 1. The van der Waals surface area contributed by atoms with Gasteiger partial charge in [0.1, 0.15) is 0 Å². The van der Waals surface area contributed by atoms with Gasteiger partial charge in [-0.1, -0.05) is 36.7 Å². The first-order valence-corrected chi connectivity index (χ1v) is 8.03. The van der Waals surface area contributed by atoms with Crippen molar-refractivity contribution >= 4 is 33.9 Å². The van der Waals surface area contributed by atoms with Crippen LogP contribution in [-0.4, -0.2) is 15.5 Å². The van der Waals surface area contributed by atoms with E-state index in [9.17, 15) is 0 Å². The average molecular weight is 292 g/mol. The van der Waals surface area contributed by atoms with Crippen molar-refractivity contribution in [3.05, 3.63) is 35.0 Å². The lowest BCUT2D eigenvalue weighted by Crippen LogP contribution is -2.23. The van der Waals surface area contributed by atoms with Crippen LogP contribution in [0.2, 0.25) is 0 Å². The molecule has 2 aromatic heterocycles. The molecular weight excluding hydrogens is 278 g/mol. The molecule has 0 aromatic carbocycles. The number of thioether (sulfide) groups is 1. The number of anilines is 1. The Kier molecular flexibility index (Phi) is 3.89. The molecule has 0 fully saturated rings. The fourth-order valence-corrected chi connectivity index (χ4v) is 3.87. The molecule has 2 aromatic rings. The van der Waals surface area contributed by atoms with Crippen LogP contribution in [0.4, 0.5) is 5.88 Å².